The molecule has 1 fully saturated rings. The molecule has 1 aliphatic heterocycles. The fourth-order valence-corrected chi connectivity index (χ4v) is 5.29. The van der Waals surface area contributed by atoms with Gasteiger partial charge in [-0.05, 0) is 82.0 Å². The number of nitrogens with one attached hydrogen (secondary N) is 2. The molecular formula is C25H21Br2ClN2O3S. The third kappa shape index (κ3) is 6.10. The average Bonchev–Trinajstić information content (AvgIpc) is 3.14. The topological polar surface area (TPSA) is 59.6 Å². The maximum absolute atomic E-state index is 12.6. The summed E-state index contributed by atoms with van der Waals surface area (Å²) in [6.07, 6.45) is 1.83. The van der Waals surface area contributed by atoms with Gasteiger partial charge in [0.2, 0.25) is 0 Å². The molecule has 2 N–H and O–H groups in total. The first-order valence-electron chi connectivity index (χ1n) is 10.3. The zero-order valence-electron chi connectivity index (χ0n) is 18.3. The van der Waals surface area contributed by atoms with E-state index in [0.29, 0.717) is 28.0 Å². The van der Waals surface area contributed by atoms with E-state index in [1.54, 1.807) is 7.11 Å². The summed E-state index contributed by atoms with van der Waals surface area (Å²) >= 11 is 14.5. The van der Waals surface area contributed by atoms with Crippen LogP contribution in [-0.4, -0.2) is 18.5 Å². The number of anilines is 1. The lowest BCUT2D eigenvalue weighted by Crippen LogP contribution is -2.31. The van der Waals surface area contributed by atoms with Gasteiger partial charge in [0.25, 0.3) is 5.91 Å². The lowest BCUT2D eigenvalue weighted by atomic mass is 10.2. The molecule has 0 spiro atoms. The molecule has 3 aromatic rings. The average molecular weight is 625 g/mol. The monoisotopic (exact) mass is 622 g/mol. The second kappa shape index (κ2) is 11.1. The van der Waals surface area contributed by atoms with Crippen molar-refractivity contribution in [1.29, 1.82) is 0 Å². The van der Waals surface area contributed by atoms with Crippen LogP contribution in [0.2, 0.25) is 5.02 Å². The van der Waals surface area contributed by atoms with Gasteiger partial charge in [0.05, 0.1) is 16.5 Å². The number of ether oxygens (including phenoxy) is 2. The van der Waals surface area contributed by atoms with E-state index >= 15 is 0 Å². The molecular weight excluding hydrogens is 604 g/mol. The van der Waals surface area contributed by atoms with Crippen molar-refractivity contribution in [2.45, 2.75) is 19.0 Å². The maximum Gasteiger partial charge on any atom is 0.260 e. The van der Waals surface area contributed by atoms with Crippen molar-refractivity contribution >= 4 is 72.9 Å². The number of methoxy groups -OCH3 is 1. The second-order valence-corrected chi connectivity index (χ2v) is 10.9. The highest BCUT2D eigenvalue weighted by Gasteiger charge is 2.27. The standard InChI is InChI=1S/C25H21Br2ClN2O3S/c1-14-3-8-18(28)12-20(14)29-25-30-24(31)22(34-25)11-16-9-19(27)23(21(10-16)32-2)33-13-15-4-6-17(26)7-5-15/h3-12,25,29H,13H2,1-2H3,(H,30,31)/b22-11-. The molecule has 3 aromatic carbocycles. The van der Waals surface area contributed by atoms with Gasteiger partial charge >= 0.3 is 0 Å². The number of thioether (sulfide) groups is 1. The largest absolute Gasteiger partial charge is 0.493 e. The van der Waals surface area contributed by atoms with Gasteiger partial charge in [-0.1, -0.05) is 57.5 Å². The molecule has 4 rings (SSSR count). The zero-order valence-corrected chi connectivity index (χ0v) is 23.1. The SMILES string of the molecule is COc1cc(/C=C2\SC(Nc3cc(Cl)ccc3C)NC2=O)cc(Br)c1OCc1ccc(Br)cc1. The van der Waals surface area contributed by atoms with E-state index in [2.05, 4.69) is 42.5 Å². The molecule has 34 heavy (non-hydrogen) atoms. The van der Waals surface area contributed by atoms with Crippen molar-refractivity contribution in [3.8, 4) is 11.5 Å². The molecule has 1 atom stereocenters. The molecule has 0 aromatic heterocycles. The quantitative estimate of drug-likeness (QED) is 0.269. The van der Waals surface area contributed by atoms with Gasteiger partial charge in [-0.2, -0.15) is 0 Å². The van der Waals surface area contributed by atoms with Crippen LogP contribution in [0.1, 0.15) is 16.7 Å². The van der Waals surface area contributed by atoms with Crippen LogP contribution in [0.25, 0.3) is 6.08 Å². The molecule has 0 saturated carbocycles. The Balaban J connectivity index is 1.49. The Morgan fingerprint density at radius 1 is 1.15 bits per heavy atom. The summed E-state index contributed by atoms with van der Waals surface area (Å²) in [5.41, 5.74) is 3.48. The van der Waals surface area contributed by atoms with Gasteiger partial charge in [0, 0.05) is 15.2 Å². The lowest BCUT2D eigenvalue weighted by Gasteiger charge is -2.15. The van der Waals surface area contributed by atoms with Crippen molar-refractivity contribution in [2.75, 3.05) is 12.4 Å². The molecule has 1 amide bonds. The minimum atomic E-state index is -0.297. The fourth-order valence-electron chi connectivity index (χ4n) is 3.31. The molecule has 176 valence electrons. The van der Waals surface area contributed by atoms with Crippen LogP contribution in [0, 0.1) is 6.92 Å². The molecule has 5 nitrogen and oxygen atoms in total. The van der Waals surface area contributed by atoms with Crippen LogP contribution in [0.5, 0.6) is 11.5 Å². The molecule has 0 bridgehead atoms. The molecule has 0 aliphatic carbocycles. The molecule has 0 radical (unpaired) electrons. The van der Waals surface area contributed by atoms with E-state index in [4.69, 9.17) is 21.1 Å². The van der Waals surface area contributed by atoms with Crippen LogP contribution < -0.4 is 20.1 Å². The molecule has 1 unspecified atom stereocenters. The summed E-state index contributed by atoms with van der Waals surface area (Å²) < 4.78 is 13.3. The summed E-state index contributed by atoms with van der Waals surface area (Å²) in [6.45, 7) is 2.39. The van der Waals surface area contributed by atoms with Crippen LogP contribution in [0.3, 0.4) is 0 Å². The van der Waals surface area contributed by atoms with E-state index in [-0.39, 0.29) is 11.4 Å². The van der Waals surface area contributed by atoms with Crippen molar-refractivity contribution in [2.24, 2.45) is 0 Å². The predicted molar refractivity (Wildman–Crippen MR) is 146 cm³/mol. The first-order chi connectivity index (χ1) is 16.3. The molecule has 9 heteroatoms. The van der Waals surface area contributed by atoms with Crippen LogP contribution in [-0.2, 0) is 11.4 Å². The van der Waals surface area contributed by atoms with Crippen LogP contribution in [0.4, 0.5) is 5.69 Å². The smallest absolute Gasteiger partial charge is 0.260 e. The number of aryl methyl sites for hydroxylation is 1. The first-order valence-corrected chi connectivity index (χ1v) is 13.1. The van der Waals surface area contributed by atoms with Crippen LogP contribution in [0.15, 0.2) is 68.4 Å². The number of halogens is 3. The van der Waals surface area contributed by atoms with E-state index < -0.39 is 0 Å². The first kappa shape index (κ1) is 25.0. The summed E-state index contributed by atoms with van der Waals surface area (Å²) in [5.74, 6) is 1.03. The van der Waals surface area contributed by atoms with Crippen molar-refractivity contribution in [1.82, 2.24) is 5.32 Å². The number of amides is 1. The number of carbonyl (C=O) groups excluding carboxylic acids is 1. The Hall–Kier alpha value is -2.13. The number of benzene rings is 3. The Kier molecular flexibility index (Phi) is 8.14. The van der Waals surface area contributed by atoms with E-state index in [9.17, 15) is 4.79 Å². The van der Waals surface area contributed by atoms with Gasteiger partial charge in [-0.3, -0.25) is 4.79 Å². The Morgan fingerprint density at radius 2 is 1.91 bits per heavy atom. The second-order valence-electron chi connectivity index (χ2n) is 7.53. The van der Waals surface area contributed by atoms with E-state index in [1.807, 2.05) is 67.6 Å². The third-order valence-corrected chi connectivity index (χ3v) is 7.44. The highest BCUT2D eigenvalue weighted by molar-refractivity contribution is 9.10. The van der Waals surface area contributed by atoms with Crippen molar-refractivity contribution in [3.05, 3.63) is 90.2 Å². The van der Waals surface area contributed by atoms with Gasteiger partial charge in [0.1, 0.15) is 6.61 Å². The Morgan fingerprint density at radius 3 is 2.65 bits per heavy atom. The number of carbonyl (C=O) groups is 1. The molecule has 1 heterocycles. The van der Waals surface area contributed by atoms with Gasteiger partial charge in [-0.25, -0.2) is 0 Å². The highest BCUT2D eigenvalue weighted by atomic mass is 79.9. The highest BCUT2D eigenvalue weighted by Crippen LogP contribution is 2.39. The summed E-state index contributed by atoms with van der Waals surface area (Å²) in [4.78, 5) is 13.2. The predicted octanol–water partition coefficient (Wildman–Crippen LogP) is 7.36. The van der Waals surface area contributed by atoms with Gasteiger partial charge in [0.15, 0.2) is 17.0 Å². The number of rotatable bonds is 7. The van der Waals surface area contributed by atoms with Crippen molar-refractivity contribution < 1.29 is 14.3 Å². The van der Waals surface area contributed by atoms with E-state index in [0.717, 1.165) is 31.3 Å². The normalized spacial score (nSPS) is 16.4. The zero-order chi connectivity index (χ0) is 24.2. The number of hydrogen-bond acceptors (Lipinski definition) is 5. The van der Waals surface area contributed by atoms with E-state index in [1.165, 1.54) is 11.8 Å². The van der Waals surface area contributed by atoms with Gasteiger partial charge < -0.3 is 20.1 Å². The van der Waals surface area contributed by atoms with Crippen LogP contribution >= 0.6 is 55.2 Å². The van der Waals surface area contributed by atoms with Crippen molar-refractivity contribution in [3.63, 3.8) is 0 Å². The van der Waals surface area contributed by atoms with Gasteiger partial charge in [-0.15, -0.1) is 0 Å². The minimum Gasteiger partial charge on any atom is -0.493 e. The Labute approximate surface area is 224 Å². The lowest BCUT2D eigenvalue weighted by molar-refractivity contribution is -0.116. The molecule has 1 saturated heterocycles. The maximum atomic E-state index is 12.6. The number of hydrogen-bond donors (Lipinski definition) is 2. The summed E-state index contributed by atoms with van der Waals surface area (Å²) in [5, 5.41) is 6.91. The molecule has 1 aliphatic rings. The fraction of sp³-hybridized carbons (Fsp3) is 0.160. The Bertz CT molecular complexity index is 1250. The summed E-state index contributed by atoms with van der Waals surface area (Å²) in [6, 6.07) is 17.3. The third-order valence-electron chi connectivity index (χ3n) is 5.06. The summed E-state index contributed by atoms with van der Waals surface area (Å²) in [7, 11) is 1.59. The minimum absolute atomic E-state index is 0.146.